The summed E-state index contributed by atoms with van der Waals surface area (Å²) >= 11 is 0. The summed E-state index contributed by atoms with van der Waals surface area (Å²) in [5.74, 6) is 0.502. The molecule has 8 nitrogen and oxygen atoms in total. The minimum atomic E-state index is -4.02. The Morgan fingerprint density at radius 3 is 2.07 bits per heavy atom. The summed E-state index contributed by atoms with van der Waals surface area (Å²) < 4.78 is 39.2. The Bertz CT molecular complexity index is 1660. The van der Waals surface area contributed by atoms with Gasteiger partial charge in [-0.15, -0.1) is 0 Å². The number of hydrogen-bond acceptors (Lipinski definition) is 6. The van der Waals surface area contributed by atoms with Gasteiger partial charge < -0.3 is 9.47 Å². The molecule has 0 aliphatic heterocycles. The molecule has 4 aromatic rings. The lowest BCUT2D eigenvalue weighted by Crippen LogP contribution is -2.45. The third-order valence-corrected chi connectivity index (χ3v) is 7.53. The summed E-state index contributed by atoms with van der Waals surface area (Å²) in [6, 6.07) is 29.9. The number of carbonyl (C=O) groups excluding carboxylic acids is 1. The molecule has 0 radical (unpaired) electrons. The Balaban J connectivity index is 1.70. The highest BCUT2D eigenvalue weighted by molar-refractivity contribution is 7.90. The zero-order valence-corrected chi connectivity index (χ0v) is 25.2. The largest absolute Gasteiger partial charge is 0.497 e. The Morgan fingerprint density at radius 1 is 0.833 bits per heavy atom. The highest BCUT2D eigenvalue weighted by atomic mass is 32.2. The third-order valence-electron chi connectivity index (χ3n) is 6.17. The molecule has 0 unspecified atom stereocenters. The van der Waals surface area contributed by atoms with Crippen molar-refractivity contribution in [2.45, 2.75) is 44.7 Å². The molecule has 42 heavy (non-hydrogen) atoms. The van der Waals surface area contributed by atoms with E-state index in [-0.39, 0.29) is 17.4 Å². The molecule has 1 amide bonds. The highest BCUT2D eigenvalue weighted by Gasteiger charge is 2.21. The molecule has 9 heteroatoms. The quantitative estimate of drug-likeness (QED) is 0.186. The Morgan fingerprint density at radius 2 is 1.45 bits per heavy atom. The van der Waals surface area contributed by atoms with E-state index in [1.807, 2.05) is 49.4 Å². The van der Waals surface area contributed by atoms with Crippen LogP contribution in [0.3, 0.4) is 0 Å². The van der Waals surface area contributed by atoms with Crippen LogP contribution in [-0.4, -0.2) is 33.2 Å². The first kappa shape index (κ1) is 30.3. The molecule has 0 aliphatic rings. The maximum atomic E-state index is 13.0. The zero-order chi connectivity index (χ0) is 30.3. The van der Waals surface area contributed by atoms with Crippen molar-refractivity contribution in [1.82, 2.24) is 10.0 Å². The maximum absolute atomic E-state index is 13.0. The number of aliphatic imine (C=N–C) groups is 1. The lowest BCUT2D eigenvalue weighted by atomic mass is 9.92. The number of aryl methyl sites for hydroxylation is 1. The Labute approximate surface area is 247 Å². The zero-order valence-electron chi connectivity index (χ0n) is 24.3. The minimum Gasteiger partial charge on any atom is -0.497 e. The van der Waals surface area contributed by atoms with Gasteiger partial charge in [-0.3, -0.25) is 5.32 Å². The Hall–Kier alpha value is -4.63. The third kappa shape index (κ3) is 8.20. The van der Waals surface area contributed by atoms with Crippen LogP contribution in [0.1, 0.15) is 31.9 Å². The predicted molar refractivity (Wildman–Crippen MR) is 166 cm³/mol. The van der Waals surface area contributed by atoms with Crippen molar-refractivity contribution in [3.63, 3.8) is 0 Å². The van der Waals surface area contributed by atoms with Crippen molar-refractivity contribution in [3.05, 3.63) is 108 Å². The standard InChI is InChI=1S/C33H35N3O5S/c1-23-11-14-25(15-12-23)29-20-13-24(21-30(29)26-16-18-27(40-5)19-17-26)22-34-31(35-32(37)41-33(2,3)4)36-42(38,39)28-9-7-6-8-10-28/h6-21H,22H2,1-5H3,(H2,34,35,36,37). The van der Waals surface area contributed by atoms with E-state index >= 15 is 0 Å². The van der Waals surface area contributed by atoms with Gasteiger partial charge in [0.2, 0.25) is 5.96 Å². The van der Waals surface area contributed by atoms with Gasteiger partial charge in [0.25, 0.3) is 10.0 Å². The maximum Gasteiger partial charge on any atom is 0.414 e. The number of ether oxygens (including phenoxy) is 2. The number of alkyl carbamates (subject to hydrolysis) is 1. The summed E-state index contributed by atoms with van der Waals surface area (Å²) in [5, 5.41) is 2.46. The lowest BCUT2D eigenvalue weighted by Gasteiger charge is -2.20. The van der Waals surface area contributed by atoms with Crippen LogP contribution in [0.2, 0.25) is 0 Å². The van der Waals surface area contributed by atoms with Gasteiger partial charge in [0.1, 0.15) is 11.4 Å². The van der Waals surface area contributed by atoms with Gasteiger partial charge in [0, 0.05) is 0 Å². The van der Waals surface area contributed by atoms with E-state index in [0.29, 0.717) is 0 Å². The molecule has 0 fully saturated rings. The first-order valence-corrected chi connectivity index (χ1v) is 14.9. The van der Waals surface area contributed by atoms with Crippen LogP contribution in [0.15, 0.2) is 107 Å². The summed E-state index contributed by atoms with van der Waals surface area (Å²) in [4.78, 5) is 17.0. The number of rotatable bonds is 7. The van der Waals surface area contributed by atoms with Gasteiger partial charge in [-0.2, -0.15) is 0 Å². The molecule has 0 aliphatic carbocycles. The SMILES string of the molecule is COc1ccc(-c2cc(CN=C(NC(=O)OC(C)(C)C)NS(=O)(=O)c3ccccc3)ccc2-c2ccc(C)cc2)cc1. The lowest BCUT2D eigenvalue weighted by molar-refractivity contribution is 0.0562. The minimum absolute atomic E-state index is 0.0351. The molecule has 4 aromatic carbocycles. The average Bonchev–Trinajstić information content (AvgIpc) is 2.95. The van der Waals surface area contributed by atoms with Gasteiger partial charge in [0.15, 0.2) is 0 Å². The van der Waals surface area contributed by atoms with Crippen LogP contribution < -0.4 is 14.8 Å². The molecule has 0 saturated carbocycles. The van der Waals surface area contributed by atoms with Crippen LogP contribution in [0, 0.1) is 6.92 Å². The van der Waals surface area contributed by atoms with Crippen molar-refractivity contribution < 1.29 is 22.7 Å². The second-order valence-electron chi connectivity index (χ2n) is 10.7. The van der Waals surface area contributed by atoms with E-state index in [2.05, 4.69) is 39.3 Å². The molecular formula is C33H35N3O5S. The van der Waals surface area contributed by atoms with Crippen LogP contribution in [0.5, 0.6) is 5.75 Å². The number of nitrogens with one attached hydrogen (secondary N) is 2. The fraction of sp³-hybridized carbons (Fsp3) is 0.212. The van der Waals surface area contributed by atoms with Gasteiger partial charge >= 0.3 is 6.09 Å². The normalized spacial score (nSPS) is 12.0. The van der Waals surface area contributed by atoms with E-state index in [0.717, 1.165) is 33.6 Å². The van der Waals surface area contributed by atoms with E-state index < -0.39 is 21.7 Å². The number of methoxy groups -OCH3 is 1. The van der Waals surface area contributed by atoms with Gasteiger partial charge in [-0.05, 0) is 85.8 Å². The van der Waals surface area contributed by atoms with Crippen molar-refractivity contribution in [2.24, 2.45) is 4.99 Å². The number of carbonyl (C=O) groups is 1. The van der Waals surface area contributed by atoms with Crippen LogP contribution >= 0.6 is 0 Å². The van der Waals surface area contributed by atoms with Crippen molar-refractivity contribution >= 4 is 22.1 Å². The second kappa shape index (κ2) is 12.9. The summed E-state index contributed by atoms with van der Waals surface area (Å²) in [7, 11) is -2.39. The second-order valence-corrected chi connectivity index (χ2v) is 12.4. The molecule has 0 bridgehead atoms. The summed E-state index contributed by atoms with van der Waals surface area (Å²) in [5.41, 5.74) is 5.23. The van der Waals surface area contributed by atoms with Crippen LogP contribution in [0.25, 0.3) is 22.3 Å². The highest BCUT2D eigenvalue weighted by Crippen LogP contribution is 2.34. The number of nitrogens with zero attached hydrogens (tertiary/aromatic N) is 1. The predicted octanol–water partition coefficient (Wildman–Crippen LogP) is 6.70. The molecule has 218 valence electrons. The molecule has 0 heterocycles. The van der Waals surface area contributed by atoms with Crippen molar-refractivity contribution in [1.29, 1.82) is 0 Å². The van der Waals surface area contributed by atoms with E-state index in [9.17, 15) is 13.2 Å². The van der Waals surface area contributed by atoms with E-state index in [1.54, 1.807) is 46.1 Å². The van der Waals surface area contributed by atoms with Gasteiger partial charge in [-0.25, -0.2) is 22.9 Å². The topological polar surface area (TPSA) is 106 Å². The number of guanidine groups is 1. The summed E-state index contributed by atoms with van der Waals surface area (Å²) in [6.45, 7) is 7.28. The van der Waals surface area contributed by atoms with Gasteiger partial charge in [-0.1, -0.05) is 72.3 Å². The fourth-order valence-electron chi connectivity index (χ4n) is 4.14. The fourth-order valence-corrected chi connectivity index (χ4v) is 5.14. The van der Waals surface area contributed by atoms with Gasteiger partial charge in [0.05, 0.1) is 18.6 Å². The van der Waals surface area contributed by atoms with E-state index in [1.165, 1.54) is 17.7 Å². The molecule has 2 N–H and O–H groups in total. The number of benzene rings is 4. The number of amides is 1. The first-order chi connectivity index (χ1) is 19.9. The molecular weight excluding hydrogens is 550 g/mol. The average molecular weight is 586 g/mol. The van der Waals surface area contributed by atoms with E-state index in [4.69, 9.17) is 9.47 Å². The molecule has 4 rings (SSSR count). The molecule has 0 saturated heterocycles. The molecule has 0 atom stereocenters. The smallest absolute Gasteiger partial charge is 0.414 e. The molecule has 0 aromatic heterocycles. The molecule has 0 spiro atoms. The monoisotopic (exact) mass is 585 g/mol. The van der Waals surface area contributed by atoms with Crippen molar-refractivity contribution in [2.75, 3.05) is 7.11 Å². The van der Waals surface area contributed by atoms with Crippen LogP contribution in [-0.2, 0) is 21.3 Å². The first-order valence-electron chi connectivity index (χ1n) is 13.4. The number of sulfonamides is 1. The Kier molecular flexibility index (Phi) is 9.32. The number of hydrogen-bond donors (Lipinski definition) is 2. The van der Waals surface area contributed by atoms with Crippen LogP contribution in [0.4, 0.5) is 4.79 Å². The van der Waals surface area contributed by atoms with Crippen molar-refractivity contribution in [3.8, 4) is 28.0 Å². The summed E-state index contributed by atoms with van der Waals surface area (Å²) in [6.07, 6.45) is -0.828.